The summed E-state index contributed by atoms with van der Waals surface area (Å²) in [6.45, 7) is 3.92. The first kappa shape index (κ1) is 26.3. The van der Waals surface area contributed by atoms with Crippen molar-refractivity contribution in [3.8, 4) is 11.5 Å². The second-order valence-electron chi connectivity index (χ2n) is 9.50. The van der Waals surface area contributed by atoms with Crippen LogP contribution in [0.2, 0.25) is 0 Å². The van der Waals surface area contributed by atoms with E-state index in [0.29, 0.717) is 36.9 Å². The number of nitrogen functional groups attached to an aromatic ring is 1. The zero-order valence-corrected chi connectivity index (χ0v) is 21.9. The number of hydrogen-bond acceptors (Lipinski definition) is 6. The highest BCUT2D eigenvalue weighted by Crippen LogP contribution is 2.35. The number of amides is 2. The Kier molecular flexibility index (Phi) is 9.24. The minimum absolute atomic E-state index is 0.0692. The van der Waals surface area contributed by atoms with Crippen molar-refractivity contribution in [3.05, 3.63) is 60.3 Å². The van der Waals surface area contributed by atoms with Crippen LogP contribution in [0.4, 0.5) is 16.3 Å². The van der Waals surface area contributed by atoms with Crippen molar-refractivity contribution in [1.29, 1.82) is 0 Å². The van der Waals surface area contributed by atoms with Gasteiger partial charge in [-0.1, -0.05) is 19.3 Å². The largest absolute Gasteiger partial charge is 0.493 e. The van der Waals surface area contributed by atoms with Crippen LogP contribution in [0, 0.1) is 6.92 Å². The van der Waals surface area contributed by atoms with E-state index in [-0.39, 0.29) is 12.1 Å². The number of aryl methyl sites for hydroxylation is 2. The average molecular weight is 507 g/mol. The van der Waals surface area contributed by atoms with E-state index in [1.54, 1.807) is 13.3 Å². The molecular weight excluding hydrogens is 468 g/mol. The zero-order chi connectivity index (χ0) is 26.0. The number of ether oxygens (including phenoxy) is 2. The van der Waals surface area contributed by atoms with E-state index in [1.165, 1.54) is 6.42 Å². The number of urea groups is 1. The molecule has 0 bridgehead atoms. The number of rotatable bonds is 11. The predicted octanol–water partition coefficient (Wildman–Crippen LogP) is 4.74. The van der Waals surface area contributed by atoms with Crippen LogP contribution in [0.3, 0.4) is 0 Å². The van der Waals surface area contributed by atoms with Crippen LogP contribution in [0.25, 0.3) is 0 Å². The molecule has 0 saturated heterocycles. The third-order valence-corrected chi connectivity index (χ3v) is 6.85. The third kappa shape index (κ3) is 7.15. The van der Waals surface area contributed by atoms with Gasteiger partial charge in [0.05, 0.1) is 20.0 Å². The first-order valence-corrected chi connectivity index (χ1v) is 13.1. The van der Waals surface area contributed by atoms with Crippen LogP contribution in [0.5, 0.6) is 11.5 Å². The Morgan fingerprint density at radius 1 is 1.19 bits per heavy atom. The molecule has 2 aromatic heterocycles. The number of benzene rings is 1. The van der Waals surface area contributed by atoms with E-state index in [0.717, 1.165) is 55.6 Å². The van der Waals surface area contributed by atoms with Crippen LogP contribution in [-0.4, -0.2) is 46.9 Å². The molecule has 1 aliphatic rings. The lowest BCUT2D eigenvalue weighted by atomic mass is 9.94. The highest BCUT2D eigenvalue weighted by atomic mass is 16.5. The third-order valence-electron chi connectivity index (χ3n) is 6.85. The molecule has 1 aliphatic carbocycles. The number of methoxy groups -OCH3 is 1. The molecule has 4 rings (SSSR count). The fourth-order valence-corrected chi connectivity index (χ4v) is 4.84. The van der Waals surface area contributed by atoms with Gasteiger partial charge in [0.2, 0.25) is 0 Å². The Morgan fingerprint density at radius 2 is 2.03 bits per heavy atom. The number of carbonyl (C=O) groups is 1. The number of nitrogens with one attached hydrogen (secondary N) is 1. The number of aromatic nitrogens is 3. The maximum Gasteiger partial charge on any atom is 0.322 e. The van der Waals surface area contributed by atoms with Gasteiger partial charge in [0, 0.05) is 55.4 Å². The summed E-state index contributed by atoms with van der Waals surface area (Å²) in [5.41, 5.74) is 8.77. The fourth-order valence-electron chi connectivity index (χ4n) is 4.84. The molecule has 3 aromatic rings. The van der Waals surface area contributed by atoms with Gasteiger partial charge in [0.15, 0.2) is 11.5 Å². The summed E-state index contributed by atoms with van der Waals surface area (Å²) in [6.07, 6.45) is 12.4. The lowest BCUT2D eigenvalue weighted by Crippen LogP contribution is -2.47. The smallest absolute Gasteiger partial charge is 0.322 e. The second kappa shape index (κ2) is 13.0. The average Bonchev–Trinajstić information content (AvgIpc) is 3.32. The topological polar surface area (TPSA) is 108 Å². The van der Waals surface area contributed by atoms with Crippen LogP contribution >= 0.6 is 0 Å². The van der Waals surface area contributed by atoms with Gasteiger partial charge in [-0.2, -0.15) is 0 Å². The molecule has 9 nitrogen and oxygen atoms in total. The first-order valence-electron chi connectivity index (χ1n) is 13.1. The number of hydrogen-bond donors (Lipinski definition) is 2. The van der Waals surface area contributed by atoms with Gasteiger partial charge in [-0.3, -0.25) is 4.90 Å². The summed E-state index contributed by atoms with van der Waals surface area (Å²) in [4.78, 5) is 23.5. The Bertz CT molecular complexity index is 1160. The Morgan fingerprint density at radius 3 is 2.76 bits per heavy atom. The molecule has 0 unspecified atom stereocenters. The van der Waals surface area contributed by atoms with Crippen LogP contribution in [-0.2, 0) is 13.0 Å². The molecule has 2 heterocycles. The summed E-state index contributed by atoms with van der Waals surface area (Å²) < 4.78 is 13.8. The number of nitrogens with zero attached hydrogens (tertiary/aromatic N) is 4. The van der Waals surface area contributed by atoms with E-state index >= 15 is 0 Å². The normalized spacial score (nSPS) is 13.8. The molecular formula is C28H38N6O3. The summed E-state index contributed by atoms with van der Waals surface area (Å²) in [7, 11) is 1.62. The van der Waals surface area contributed by atoms with Crippen LogP contribution < -0.4 is 25.4 Å². The van der Waals surface area contributed by atoms with Crippen molar-refractivity contribution in [2.75, 3.05) is 30.9 Å². The van der Waals surface area contributed by atoms with E-state index in [2.05, 4.69) is 19.9 Å². The van der Waals surface area contributed by atoms with Gasteiger partial charge >= 0.3 is 6.03 Å². The van der Waals surface area contributed by atoms with Crippen LogP contribution in [0.15, 0.2) is 49.1 Å². The lowest BCUT2D eigenvalue weighted by Gasteiger charge is -2.34. The summed E-state index contributed by atoms with van der Waals surface area (Å²) in [5.74, 6) is 1.75. The molecule has 9 heteroatoms. The zero-order valence-electron chi connectivity index (χ0n) is 21.9. The van der Waals surface area contributed by atoms with Gasteiger partial charge < -0.3 is 25.1 Å². The number of carbonyl (C=O) groups excluding carboxylic acids is 1. The molecule has 3 N–H and O–H groups in total. The number of pyridine rings is 1. The van der Waals surface area contributed by atoms with Crippen molar-refractivity contribution >= 4 is 17.5 Å². The van der Waals surface area contributed by atoms with Crippen molar-refractivity contribution in [2.45, 2.75) is 64.5 Å². The highest BCUT2D eigenvalue weighted by Gasteiger charge is 2.27. The first-order chi connectivity index (χ1) is 18.0. The minimum Gasteiger partial charge on any atom is -0.493 e. The van der Waals surface area contributed by atoms with Crippen molar-refractivity contribution in [3.63, 3.8) is 0 Å². The highest BCUT2D eigenvalue weighted by molar-refractivity contribution is 5.93. The quantitative estimate of drug-likeness (QED) is 0.364. The molecule has 0 atom stereocenters. The summed E-state index contributed by atoms with van der Waals surface area (Å²) in [5, 5.41) is 3.14. The van der Waals surface area contributed by atoms with Gasteiger partial charge in [0.1, 0.15) is 5.82 Å². The SMILES string of the molecule is COc1cc(N(C(=O)NCCCn2cncc2C)C2CCCCC2)ccc1OCCc1ccnc(N)c1. The molecule has 198 valence electrons. The number of nitrogens with two attached hydrogens (primary N) is 1. The molecule has 0 radical (unpaired) electrons. The van der Waals surface area contributed by atoms with E-state index in [1.807, 2.05) is 54.7 Å². The maximum absolute atomic E-state index is 13.4. The molecule has 0 aliphatic heterocycles. The molecule has 37 heavy (non-hydrogen) atoms. The molecule has 1 saturated carbocycles. The van der Waals surface area contributed by atoms with Gasteiger partial charge in [-0.25, -0.2) is 14.8 Å². The van der Waals surface area contributed by atoms with E-state index in [4.69, 9.17) is 15.2 Å². The van der Waals surface area contributed by atoms with E-state index < -0.39 is 0 Å². The molecule has 1 aromatic carbocycles. The van der Waals surface area contributed by atoms with Crippen molar-refractivity contribution in [2.24, 2.45) is 0 Å². The summed E-state index contributed by atoms with van der Waals surface area (Å²) in [6, 6.07) is 9.62. The van der Waals surface area contributed by atoms with Gasteiger partial charge in [-0.15, -0.1) is 0 Å². The van der Waals surface area contributed by atoms with Crippen molar-refractivity contribution in [1.82, 2.24) is 19.9 Å². The Hall–Kier alpha value is -3.75. The van der Waals surface area contributed by atoms with Crippen LogP contribution in [0.1, 0.15) is 49.8 Å². The standard InChI is InChI=1S/C28H38N6O3/c1-21-19-30-20-33(21)15-6-13-32-28(35)34(23-7-4-3-5-8-23)24-9-10-25(26(18-24)36-2)37-16-12-22-11-14-31-27(29)17-22/h9-11,14,17-20,23H,3-8,12-13,15-16H2,1-2H3,(H2,29,31)(H,32,35). The van der Waals surface area contributed by atoms with Gasteiger partial charge in [-0.05, 0) is 56.0 Å². The van der Waals surface area contributed by atoms with Gasteiger partial charge in [0.25, 0.3) is 0 Å². The minimum atomic E-state index is -0.0692. The second-order valence-corrected chi connectivity index (χ2v) is 9.50. The number of anilines is 2. The Labute approximate surface area is 219 Å². The Balaban J connectivity index is 1.41. The summed E-state index contributed by atoms with van der Waals surface area (Å²) >= 11 is 0. The molecule has 1 fully saturated rings. The van der Waals surface area contributed by atoms with Crippen molar-refractivity contribution < 1.29 is 14.3 Å². The predicted molar refractivity (Wildman–Crippen MR) is 145 cm³/mol. The molecule has 0 spiro atoms. The maximum atomic E-state index is 13.4. The monoisotopic (exact) mass is 506 g/mol. The fraction of sp³-hybridized carbons (Fsp3) is 0.464. The number of imidazole rings is 1. The lowest BCUT2D eigenvalue weighted by molar-refractivity contribution is 0.241. The molecule has 2 amide bonds. The van der Waals surface area contributed by atoms with E-state index in [9.17, 15) is 4.79 Å².